The lowest BCUT2D eigenvalue weighted by Crippen LogP contribution is -2.36. The summed E-state index contributed by atoms with van der Waals surface area (Å²) >= 11 is 0. The smallest absolute Gasteiger partial charge is 0.408 e. The minimum atomic E-state index is -3.82. The lowest BCUT2D eigenvalue weighted by Gasteiger charge is -2.28. The van der Waals surface area contributed by atoms with Crippen molar-refractivity contribution in [2.45, 2.75) is 23.8 Å². The molecule has 0 aliphatic carbocycles. The van der Waals surface area contributed by atoms with Crippen LogP contribution in [0.1, 0.15) is 24.4 Å². The summed E-state index contributed by atoms with van der Waals surface area (Å²) in [6.45, 7) is 1.89. The number of aryl methyl sites for hydroxylation is 1. The second-order valence-electron chi connectivity index (χ2n) is 7.22. The van der Waals surface area contributed by atoms with Crippen molar-refractivity contribution >= 4 is 21.1 Å². The number of rotatable bonds is 6. The van der Waals surface area contributed by atoms with Crippen LogP contribution in [0.15, 0.2) is 56.6 Å². The van der Waals surface area contributed by atoms with E-state index >= 15 is 0 Å². The van der Waals surface area contributed by atoms with Crippen molar-refractivity contribution in [1.82, 2.24) is 14.2 Å². The van der Waals surface area contributed by atoms with Crippen LogP contribution in [0.2, 0.25) is 0 Å². The van der Waals surface area contributed by atoms with Crippen molar-refractivity contribution in [1.29, 1.82) is 0 Å². The van der Waals surface area contributed by atoms with Gasteiger partial charge in [0.1, 0.15) is 5.82 Å². The van der Waals surface area contributed by atoms with Gasteiger partial charge < -0.3 is 4.42 Å². The van der Waals surface area contributed by atoms with E-state index in [-0.39, 0.29) is 28.9 Å². The van der Waals surface area contributed by atoms with Crippen LogP contribution >= 0.6 is 0 Å². The maximum Gasteiger partial charge on any atom is 0.419 e. The Balaban J connectivity index is 1.58. The molecule has 1 atom stereocenters. The topological polar surface area (TPSA) is 84.5 Å². The first-order valence-corrected chi connectivity index (χ1v) is 10.9. The van der Waals surface area contributed by atoms with E-state index < -0.39 is 15.8 Å². The van der Waals surface area contributed by atoms with Gasteiger partial charge in [-0.25, -0.2) is 22.3 Å². The number of nitrogens with one attached hydrogen (secondary N) is 1. The standard InChI is InChI=1S/C20H22FN3O4S/c1-23-17-9-8-16(12-19(17)28-20(23)25)29(26,27)22-13-18(24-10-2-3-11-24)14-4-6-15(21)7-5-14/h4-9,12,18,22H,2-3,10-11,13H2,1H3/t18-/m0/s1. The largest absolute Gasteiger partial charge is 0.419 e. The highest BCUT2D eigenvalue weighted by Crippen LogP contribution is 2.26. The van der Waals surface area contributed by atoms with Crippen LogP contribution in [0.4, 0.5) is 4.39 Å². The van der Waals surface area contributed by atoms with E-state index in [4.69, 9.17) is 4.42 Å². The van der Waals surface area contributed by atoms with Gasteiger partial charge in [0.15, 0.2) is 5.58 Å². The van der Waals surface area contributed by atoms with Crippen molar-refractivity contribution in [3.8, 4) is 0 Å². The maximum atomic E-state index is 13.3. The molecule has 1 saturated heterocycles. The molecule has 2 aromatic carbocycles. The van der Waals surface area contributed by atoms with E-state index in [0.717, 1.165) is 31.5 Å². The maximum absolute atomic E-state index is 13.3. The first kappa shape index (κ1) is 19.8. The highest BCUT2D eigenvalue weighted by molar-refractivity contribution is 7.89. The molecule has 3 aromatic rings. The molecule has 29 heavy (non-hydrogen) atoms. The zero-order valence-electron chi connectivity index (χ0n) is 16.0. The molecule has 1 aromatic heterocycles. The molecule has 154 valence electrons. The fourth-order valence-corrected chi connectivity index (χ4v) is 4.80. The van der Waals surface area contributed by atoms with Crippen LogP contribution < -0.4 is 10.5 Å². The number of oxazole rings is 1. The highest BCUT2D eigenvalue weighted by Gasteiger charge is 2.26. The Labute approximate surface area is 167 Å². The second kappa shape index (κ2) is 7.74. The van der Waals surface area contributed by atoms with Crippen LogP contribution in [0.25, 0.3) is 11.1 Å². The lowest BCUT2D eigenvalue weighted by molar-refractivity contribution is 0.246. The average molecular weight is 419 g/mol. The minimum absolute atomic E-state index is 0.0265. The third-order valence-corrected chi connectivity index (χ3v) is 6.80. The molecule has 0 bridgehead atoms. The summed E-state index contributed by atoms with van der Waals surface area (Å²) in [7, 11) is -2.26. The van der Waals surface area contributed by atoms with Crippen molar-refractivity contribution < 1.29 is 17.2 Å². The molecular weight excluding hydrogens is 397 g/mol. The van der Waals surface area contributed by atoms with Gasteiger partial charge in [0, 0.05) is 25.7 Å². The SMILES string of the molecule is Cn1c(=O)oc2cc(S(=O)(=O)NC[C@@H](c3ccc(F)cc3)N3CCCC3)ccc21. The summed E-state index contributed by atoms with van der Waals surface area (Å²) in [4.78, 5) is 13.9. The molecular formula is C20H22FN3O4S. The molecule has 1 aliphatic heterocycles. The molecule has 7 nitrogen and oxygen atoms in total. The number of fused-ring (bicyclic) bond motifs is 1. The van der Waals surface area contributed by atoms with Crippen molar-refractivity contribution in [2.24, 2.45) is 7.05 Å². The molecule has 1 aliphatic rings. The van der Waals surface area contributed by atoms with E-state index in [9.17, 15) is 17.6 Å². The molecule has 2 heterocycles. The number of sulfonamides is 1. The van der Waals surface area contributed by atoms with E-state index in [1.54, 1.807) is 25.2 Å². The van der Waals surface area contributed by atoms with Gasteiger partial charge in [-0.1, -0.05) is 12.1 Å². The first-order valence-electron chi connectivity index (χ1n) is 9.44. The predicted molar refractivity (Wildman–Crippen MR) is 107 cm³/mol. The third kappa shape index (κ3) is 3.98. The molecule has 0 spiro atoms. The normalized spacial score (nSPS) is 16.5. The fourth-order valence-electron chi connectivity index (χ4n) is 3.75. The molecule has 1 N–H and O–H groups in total. The fraction of sp³-hybridized carbons (Fsp3) is 0.350. The van der Waals surface area contributed by atoms with Gasteiger partial charge in [0.2, 0.25) is 10.0 Å². The average Bonchev–Trinajstić information content (AvgIpc) is 3.32. The van der Waals surface area contributed by atoms with E-state index in [1.807, 2.05) is 0 Å². The summed E-state index contributed by atoms with van der Waals surface area (Å²) in [6.07, 6.45) is 2.10. The number of hydrogen-bond acceptors (Lipinski definition) is 5. The van der Waals surface area contributed by atoms with E-state index in [0.29, 0.717) is 5.52 Å². The monoisotopic (exact) mass is 419 g/mol. The van der Waals surface area contributed by atoms with Gasteiger partial charge in [0.25, 0.3) is 0 Å². The molecule has 1 fully saturated rings. The van der Waals surface area contributed by atoms with Gasteiger partial charge in [-0.3, -0.25) is 9.47 Å². The Morgan fingerprint density at radius 3 is 2.52 bits per heavy atom. The third-order valence-electron chi connectivity index (χ3n) is 5.38. The predicted octanol–water partition coefficient (Wildman–Crippen LogP) is 2.39. The zero-order valence-corrected chi connectivity index (χ0v) is 16.8. The summed E-state index contributed by atoms with van der Waals surface area (Å²) in [5.74, 6) is -0.875. The second-order valence-corrected chi connectivity index (χ2v) is 8.99. The zero-order chi connectivity index (χ0) is 20.6. The molecule has 0 radical (unpaired) electrons. The number of benzene rings is 2. The number of likely N-dealkylation sites (tertiary alicyclic amines) is 1. The van der Waals surface area contributed by atoms with Crippen LogP contribution in [-0.2, 0) is 17.1 Å². The number of aromatic nitrogens is 1. The highest BCUT2D eigenvalue weighted by atomic mass is 32.2. The van der Waals surface area contributed by atoms with Crippen LogP contribution in [-0.4, -0.2) is 37.5 Å². The Bertz CT molecular complexity index is 1180. The number of hydrogen-bond donors (Lipinski definition) is 1. The number of halogens is 1. The Morgan fingerprint density at radius 2 is 1.83 bits per heavy atom. The summed E-state index contributed by atoms with van der Waals surface area (Å²) in [6, 6.07) is 10.3. The van der Waals surface area contributed by atoms with Gasteiger partial charge in [-0.15, -0.1) is 0 Å². The van der Waals surface area contributed by atoms with Gasteiger partial charge in [-0.05, 0) is 55.8 Å². The minimum Gasteiger partial charge on any atom is -0.408 e. The van der Waals surface area contributed by atoms with Gasteiger partial charge >= 0.3 is 5.76 Å². The van der Waals surface area contributed by atoms with Crippen molar-refractivity contribution in [2.75, 3.05) is 19.6 Å². The van der Waals surface area contributed by atoms with Crippen molar-refractivity contribution in [3.63, 3.8) is 0 Å². The van der Waals surface area contributed by atoms with Crippen LogP contribution in [0.3, 0.4) is 0 Å². The Hall–Kier alpha value is -2.49. The lowest BCUT2D eigenvalue weighted by atomic mass is 10.1. The van der Waals surface area contributed by atoms with Gasteiger partial charge in [0.05, 0.1) is 10.4 Å². The summed E-state index contributed by atoms with van der Waals surface area (Å²) in [5.41, 5.74) is 1.60. The molecule has 9 heteroatoms. The van der Waals surface area contributed by atoms with Crippen LogP contribution in [0, 0.1) is 5.82 Å². The summed E-state index contributed by atoms with van der Waals surface area (Å²) < 4.78 is 48.1. The van der Waals surface area contributed by atoms with Gasteiger partial charge in [-0.2, -0.15) is 0 Å². The molecule has 4 rings (SSSR count). The Kier molecular flexibility index (Phi) is 5.28. The van der Waals surface area contributed by atoms with E-state index in [2.05, 4.69) is 9.62 Å². The molecule has 0 unspecified atom stereocenters. The number of nitrogens with zero attached hydrogens (tertiary/aromatic N) is 2. The summed E-state index contributed by atoms with van der Waals surface area (Å²) in [5, 5.41) is 0. The molecule has 0 saturated carbocycles. The first-order chi connectivity index (χ1) is 13.8. The molecule has 0 amide bonds. The quantitative estimate of drug-likeness (QED) is 0.663. The van der Waals surface area contributed by atoms with E-state index in [1.165, 1.54) is 28.8 Å². The Morgan fingerprint density at radius 1 is 1.14 bits per heavy atom. The van der Waals surface area contributed by atoms with Crippen LogP contribution in [0.5, 0.6) is 0 Å². The van der Waals surface area contributed by atoms with Crippen molar-refractivity contribution in [3.05, 3.63) is 64.4 Å².